The molecule has 7 heteroatoms. The Morgan fingerprint density at radius 3 is 2.26 bits per heavy atom. The number of para-hydroxylation sites is 1. The zero-order valence-corrected chi connectivity index (χ0v) is 19.5. The van der Waals surface area contributed by atoms with Crippen molar-refractivity contribution >= 4 is 34.8 Å². The van der Waals surface area contributed by atoms with Gasteiger partial charge in [-0.3, -0.25) is 14.4 Å². The SMILES string of the molecule is CCCCOc1ccc(N2C(=O)[C@H]3[C@H](ON(c4ccccc4)[C@@H]3c3ccc(Cl)cc3)C2=O)cc1. The van der Waals surface area contributed by atoms with Crippen molar-refractivity contribution in [2.75, 3.05) is 16.6 Å². The Labute approximate surface area is 203 Å². The Balaban J connectivity index is 1.46. The first-order chi connectivity index (χ1) is 16.6. The van der Waals surface area contributed by atoms with E-state index in [2.05, 4.69) is 6.92 Å². The monoisotopic (exact) mass is 476 g/mol. The van der Waals surface area contributed by atoms with Crippen molar-refractivity contribution in [3.05, 3.63) is 89.4 Å². The Kier molecular flexibility index (Phi) is 6.26. The lowest BCUT2D eigenvalue weighted by molar-refractivity contribution is -0.126. The molecule has 0 saturated carbocycles. The van der Waals surface area contributed by atoms with Gasteiger partial charge in [-0.15, -0.1) is 0 Å². The molecule has 0 aromatic heterocycles. The van der Waals surface area contributed by atoms with Gasteiger partial charge in [-0.05, 0) is 60.5 Å². The second-order valence-corrected chi connectivity index (χ2v) is 8.85. The van der Waals surface area contributed by atoms with Crippen LogP contribution in [0.5, 0.6) is 5.75 Å². The molecule has 0 radical (unpaired) electrons. The summed E-state index contributed by atoms with van der Waals surface area (Å²) < 4.78 is 5.71. The first-order valence-corrected chi connectivity index (χ1v) is 11.8. The van der Waals surface area contributed by atoms with Crippen molar-refractivity contribution in [2.45, 2.75) is 31.9 Å². The molecule has 2 fully saturated rings. The molecule has 0 N–H and O–H groups in total. The molecule has 0 aliphatic carbocycles. The average molecular weight is 477 g/mol. The number of nitrogens with zero attached hydrogens (tertiary/aromatic N) is 2. The molecule has 2 heterocycles. The van der Waals surface area contributed by atoms with Gasteiger partial charge in [0.2, 0.25) is 5.91 Å². The van der Waals surface area contributed by atoms with Gasteiger partial charge in [0.1, 0.15) is 11.7 Å². The zero-order chi connectivity index (χ0) is 23.7. The minimum atomic E-state index is -0.908. The van der Waals surface area contributed by atoms with Crippen LogP contribution in [0, 0.1) is 5.92 Å². The maximum absolute atomic E-state index is 13.7. The summed E-state index contributed by atoms with van der Waals surface area (Å²) in [6.07, 6.45) is 1.11. The van der Waals surface area contributed by atoms with Gasteiger partial charge in [0.25, 0.3) is 5.91 Å². The lowest BCUT2D eigenvalue weighted by Crippen LogP contribution is -2.37. The third-order valence-electron chi connectivity index (χ3n) is 6.20. The maximum atomic E-state index is 13.7. The lowest BCUT2D eigenvalue weighted by atomic mass is 9.90. The number of hydrogen-bond acceptors (Lipinski definition) is 5. The van der Waals surface area contributed by atoms with E-state index in [1.165, 1.54) is 4.90 Å². The van der Waals surface area contributed by atoms with Crippen molar-refractivity contribution in [3.8, 4) is 5.75 Å². The number of rotatable bonds is 7. The normalized spacial score (nSPS) is 21.8. The summed E-state index contributed by atoms with van der Waals surface area (Å²) in [5.41, 5.74) is 2.14. The fourth-order valence-electron chi connectivity index (χ4n) is 4.49. The lowest BCUT2D eigenvalue weighted by Gasteiger charge is -2.28. The highest BCUT2D eigenvalue weighted by molar-refractivity contribution is 6.30. The molecule has 2 aliphatic rings. The van der Waals surface area contributed by atoms with E-state index in [0.717, 1.165) is 24.1 Å². The number of carbonyl (C=O) groups excluding carboxylic acids is 2. The largest absolute Gasteiger partial charge is 0.494 e. The molecular formula is C27H25ClN2O4. The van der Waals surface area contributed by atoms with Gasteiger partial charge in [0.15, 0.2) is 6.10 Å². The Bertz CT molecular complexity index is 1170. The number of ether oxygens (including phenoxy) is 1. The zero-order valence-electron chi connectivity index (χ0n) is 18.8. The van der Waals surface area contributed by atoms with Crippen molar-refractivity contribution in [1.82, 2.24) is 0 Å². The fraction of sp³-hybridized carbons (Fsp3) is 0.259. The summed E-state index contributed by atoms with van der Waals surface area (Å²) in [6, 6.07) is 23.4. The predicted molar refractivity (Wildman–Crippen MR) is 131 cm³/mol. The summed E-state index contributed by atoms with van der Waals surface area (Å²) >= 11 is 6.11. The van der Waals surface area contributed by atoms with Gasteiger partial charge in [-0.25, -0.2) is 9.96 Å². The van der Waals surface area contributed by atoms with Crippen LogP contribution in [0.25, 0.3) is 0 Å². The summed E-state index contributed by atoms with van der Waals surface area (Å²) in [4.78, 5) is 34.5. The van der Waals surface area contributed by atoms with Gasteiger partial charge >= 0.3 is 0 Å². The van der Waals surface area contributed by atoms with Gasteiger partial charge in [0.05, 0.1) is 24.0 Å². The van der Waals surface area contributed by atoms with E-state index < -0.39 is 18.1 Å². The summed E-state index contributed by atoms with van der Waals surface area (Å²) in [5, 5.41) is 2.28. The molecule has 6 nitrogen and oxygen atoms in total. The highest BCUT2D eigenvalue weighted by Gasteiger charge is 2.60. The first kappa shape index (κ1) is 22.4. The first-order valence-electron chi connectivity index (χ1n) is 11.5. The van der Waals surface area contributed by atoms with E-state index in [1.807, 2.05) is 42.5 Å². The summed E-state index contributed by atoms with van der Waals surface area (Å²) in [5.74, 6) is -0.628. The number of hydrogen-bond donors (Lipinski definition) is 0. The number of hydroxylamine groups is 1. The summed E-state index contributed by atoms with van der Waals surface area (Å²) in [7, 11) is 0. The highest BCUT2D eigenvalue weighted by atomic mass is 35.5. The molecule has 0 spiro atoms. The number of carbonyl (C=O) groups is 2. The standard InChI is InChI=1S/C27H25ClN2O4/c1-2-3-17-33-22-15-13-20(14-16-22)29-26(31)23-24(18-9-11-19(28)12-10-18)30(34-25(23)27(29)32)21-7-5-4-6-8-21/h4-16,23-25H,2-3,17H2,1H3/t23-,24-,25+/m1/s1. The highest BCUT2D eigenvalue weighted by Crippen LogP contribution is 2.47. The molecule has 0 unspecified atom stereocenters. The number of halogens is 1. The van der Waals surface area contributed by atoms with Crippen molar-refractivity contribution < 1.29 is 19.2 Å². The second-order valence-electron chi connectivity index (χ2n) is 8.42. The molecule has 3 aromatic carbocycles. The van der Waals surface area contributed by atoms with Gasteiger partial charge in [-0.1, -0.05) is 55.3 Å². The van der Waals surface area contributed by atoms with E-state index in [4.69, 9.17) is 21.2 Å². The minimum absolute atomic E-state index is 0.284. The van der Waals surface area contributed by atoms with Crippen molar-refractivity contribution in [2.24, 2.45) is 5.92 Å². The molecule has 5 rings (SSSR count). The minimum Gasteiger partial charge on any atom is -0.494 e. The van der Waals surface area contributed by atoms with Crippen molar-refractivity contribution in [3.63, 3.8) is 0 Å². The van der Waals surface area contributed by atoms with Crippen LogP contribution in [0.4, 0.5) is 11.4 Å². The number of unbranched alkanes of at least 4 members (excludes halogenated alkanes) is 1. The molecule has 174 valence electrons. The number of anilines is 2. The number of benzene rings is 3. The van der Waals surface area contributed by atoms with Gasteiger partial charge in [0, 0.05) is 5.02 Å². The third kappa shape index (κ3) is 4.04. The van der Waals surface area contributed by atoms with Crippen LogP contribution in [0.15, 0.2) is 78.9 Å². The quantitative estimate of drug-likeness (QED) is 0.329. The Hall–Kier alpha value is -3.35. The Morgan fingerprint density at radius 2 is 1.59 bits per heavy atom. The van der Waals surface area contributed by atoms with Crippen LogP contribution in [-0.2, 0) is 14.4 Å². The molecular weight excluding hydrogens is 452 g/mol. The van der Waals surface area contributed by atoms with Crippen LogP contribution in [-0.4, -0.2) is 24.5 Å². The molecule has 34 heavy (non-hydrogen) atoms. The second kappa shape index (κ2) is 9.49. The summed E-state index contributed by atoms with van der Waals surface area (Å²) in [6.45, 7) is 2.74. The topological polar surface area (TPSA) is 59.1 Å². The van der Waals surface area contributed by atoms with Crippen LogP contribution in [0.3, 0.4) is 0 Å². The smallest absolute Gasteiger partial charge is 0.266 e. The number of fused-ring (bicyclic) bond motifs is 1. The molecule has 3 atom stereocenters. The van der Waals surface area contributed by atoms with E-state index >= 15 is 0 Å². The predicted octanol–water partition coefficient (Wildman–Crippen LogP) is 5.57. The van der Waals surface area contributed by atoms with E-state index in [1.54, 1.807) is 41.5 Å². The van der Waals surface area contributed by atoms with Gasteiger partial charge in [-0.2, -0.15) is 0 Å². The maximum Gasteiger partial charge on any atom is 0.266 e. The molecule has 0 bridgehead atoms. The van der Waals surface area contributed by atoms with Crippen molar-refractivity contribution in [1.29, 1.82) is 0 Å². The van der Waals surface area contributed by atoms with Crippen LogP contribution in [0.2, 0.25) is 5.02 Å². The number of imide groups is 1. The Morgan fingerprint density at radius 1 is 0.882 bits per heavy atom. The fourth-order valence-corrected chi connectivity index (χ4v) is 4.62. The van der Waals surface area contributed by atoms with E-state index in [9.17, 15) is 9.59 Å². The molecule has 2 aliphatic heterocycles. The molecule has 2 amide bonds. The van der Waals surface area contributed by atoms with Crippen LogP contribution < -0.4 is 14.7 Å². The average Bonchev–Trinajstić information content (AvgIpc) is 3.37. The molecule has 2 saturated heterocycles. The molecule has 3 aromatic rings. The van der Waals surface area contributed by atoms with E-state index in [0.29, 0.717) is 23.1 Å². The van der Waals surface area contributed by atoms with Gasteiger partial charge < -0.3 is 4.74 Å². The third-order valence-corrected chi connectivity index (χ3v) is 6.45. The van der Waals surface area contributed by atoms with E-state index in [-0.39, 0.29) is 11.8 Å². The van der Waals surface area contributed by atoms with Crippen LogP contribution in [0.1, 0.15) is 31.4 Å². The van der Waals surface area contributed by atoms with Crippen LogP contribution >= 0.6 is 11.6 Å². The number of amides is 2.